The Bertz CT molecular complexity index is 1200. The van der Waals surface area contributed by atoms with E-state index in [1.54, 1.807) is 41.6 Å². The Labute approximate surface area is 154 Å². The molecule has 3 aromatic rings. The third kappa shape index (κ3) is 3.39. The van der Waals surface area contributed by atoms with Gasteiger partial charge in [-0.2, -0.15) is 10.1 Å². The maximum Gasteiger partial charge on any atom is 0.300 e. The monoisotopic (exact) mass is 391 g/mol. The number of hydrogen-bond donors (Lipinski definition) is 1. The summed E-state index contributed by atoms with van der Waals surface area (Å²) >= 11 is 1.20. The lowest BCUT2D eigenvalue weighted by atomic mass is 10.3. The summed E-state index contributed by atoms with van der Waals surface area (Å²) in [7, 11) is -2.08. The Balaban J connectivity index is 2.21. The molecule has 2 aromatic heterocycles. The van der Waals surface area contributed by atoms with E-state index in [0.717, 1.165) is 11.1 Å². The van der Waals surface area contributed by atoms with Gasteiger partial charge in [-0.3, -0.25) is 9.48 Å². The highest BCUT2D eigenvalue weighted by atomic mass is 32.2. The Morgan fingerprint density at radius 2 is 2.19 bits per heavy atom. The zero-order valence-electron chi connectivity index (χ0n) is 14.2. The van der Waals surface area contributed by atoms with Crippen LogP contribution in [0.3, 0.4) is 0 Å². The van der Waals surface area contributed by atoms with Gasteiger partial charge in [-0.05, 0) is 25.1 Å². The lowest BCUT2D eigenvalue weighted by Gasteiger charge is -2.02. The van der Waals surface area contributed by atoms with E-state index >= 15 is 0 Å². The van der Waals surface area contributed by atoms with Gasteiger partial charge in [0, 0.05) is 25.4 Å². The molecule has 10 heteroatoms. The minimum Gasteiger partial charge on any atom is -0.312 e. The first-order chi connectivity index (χ1) is 12.2. The molecule has 0 aliphatic heterocycles. The number of fused-ring (bicyclic) bond motifs is 1. The average Bonchev–Trinajstić information content (AvgIpc) is 3.06. The second kappa shape index (κ2) is 6.63. The zero-order chi connectivity index (χ0) is 19.1. The molecule has 2 heterocycles. The number of amides is 1. The van der Waals surface area contributed by atoms with E-state index in [1.165, 1.54) is 23.5 Å². The third-order valence-corrected chi connectivity index (χ3v) is 5.66. The Kier molecular flexibility index (Phi) is 4.65. The number of sulfonamides is 1. The summed E-state index contributed by atoms with van der Waals surface area (Å²) < 4.78 is 27.1. The molecule has 136 valence electrons. The Morgan fingerprint density at radius 3 is 2.77 bits per heavy atom. The topological polar surface area (TPSA) is 112 Å². The van der Waals surface area contributed by atoms with Crippen LogP contribution in [0.5, 0.6) is 0 Å². The van der Waals surface area contributed by atoms with E-state index in [-0.39, 0.29) is 10.6 Å². The van der Waals surface area contributed by atoms with Crippen molar-refractivity contribution in [2.75, 3.05) is 0 Å². The van der Waals surface area contributed by atoms with Crippen molar-refractivity contribution in [3.63, 3.8) is 0 Å². The summed E-state index contributed by atoms with van der Waals surface area (Å²) in [5.41, 5.74) is 1.75. The van der Waals surface area contributed by atoms with E-state index in [1.807, 2.05) is 0 Å². The average molecular weight is 391 g/mol. The van der Waals surface area contributed by atoms with Crippen LogP contribution in [0, 0.1) is 6.92 Å². The number of nitrogens with zero attached hydrogens (tertiary/aromatic N) is 4. The lowest BCUT2D eigenvalue weighted by molar-refractivity contribution is 0.0992. The highest BCUT2D eigenvalue weighted by molar-refractivity contribution is 7.89. The Hall–Kier alpha value is -2.56. The summed E-state index contributed by atoms with van der Waals surface area (Å²) in [6, 6.07) is 4.55. The highest BCUT2D eigenvalue weighted by Gasteiger charge is 2.15. The number of carbonyl (C=O) groups excluding carboxylic acids is 1. The van der Waals surface area contributed by atoms with E-state index in [2.05, 4.69) is 16.7 Å². The van der Waals surface area contributed by atoms with Gasteiger partial charge < -0.3 is 4.57 Å². The summed E-state index contributed by atoms with van der Waals surface area (Å²) in [6.45, 7) is 5.93. The van der Waals surface area contributed by atoms with Crippen LogP contribution in [0.4, 0.5) is 0 Å². The van der Waals surface area contributed by atoms with Crippen molar-refractivity contribution in [3.05, 3.63) is 53.1 Å². The minimum atomic E-state index is -3.81. The molecule has 0 saturated carbocycles. The molecule has 26 heavy (non-hydrogen) atoms. The molecule has 8 nitrogen and oxygen atoms in total. The van der Waals surface area contributed by atoms with Gasteiger partial charge in [0.1, 0.15) is 0 Å². The van der Waals surface area contributed by atoms with Crippen LogP contribution in [0.25, 0.3) is 10.2 Å². The molecule has 0 aliphatic carbocycles. The van der Waals surface area contributed by atoms with Crippen LogP contribution in [-0.4, -0.2) is 28.7 Å². The summed E-state index contributed by atoms with van der Waals surface area (Å²) in [6.07, 6.45) is 3.42. The number of thiazole rings is 1. The molecule has 1 amide bonds. The number of rotatable bonds is 4. The number of hydrogen-bond acceptors (Lipinski definition) is 5. The molecule has 0 unspecified atom stereocenters. The van der Waals surface area contributed by atoms with Crippen molar-refractivity contribution < 1.29 is 13.2 Å². The van der Waals surface area contributed by atoms with Crippen molar-refractivity contribution in [1.29, 1.82) is 0 Å². The SMILES string of the molecule is C=CCn1c(=NC(=O)c2nn(C)cc2C)sc2cc(S(N)(=O)=O)ccc21. The predicted molar refractivity (Wildman–Crippen MR) is 99.2 cm³/mol. The standard InChI is InChI=1S/C16H17N5O3S2/c1-4-7-21-12-6-5-11(26(17,23)24)8-13(12)25-16(21)18-15(22)14-10(2)9-20(3)19-14/h4-6,8-9H,1,7H2,2-3H3,(H2,17,23,24). The van der Waals surface area contributed by atoms with Crippen LogP contribution >= 0.6 is 11.3 Å². The number of aryl methyl sites for hydroxylation is 2. The summed E-state index contributed by atoms with van der Waals surface area (Å²) in [5.74, 6) is -0.459. The van der Waals surface area contributed by atoms with Gasteiger partial charge >= 0.3 is 0 Å². The fourth-order valence-electron chi connectivity index (χ4n) is 2.58. The van der Waals surface area contributed by atoms with Gasteiger partial charge in [-0.1, -0.05) is 17.4 Å². The number of primary sulfonamides is 1. The van der Waals surface area contributed by atoms with E-state index in [9.17, 15) is 13.2 Å². The maximum atomic E-state index is 12.5. The molecule has 0 aliphatic rings. The maximum absolute atomic E-state index is 12.5. The van der Waals surface area contributed by atoms with Crippen molar-refractivity contribution in [3.8, 4) is 0 Å². The van der Waals surface area contributed by atoms with Crippen LogP contribution in [-0.2, 0) is 23.6 Å². The third-order valence-electron chi connectivity index (χ3n) is 3.71. The first kappa shape index (κ1) is 18.2. The quantitative estimate of drug-likeness (QED) is 0.676. The van der Waals surface area contributed by atoms with Crippen molar-refractivity contribution in [1.82, 2.24) is 14.3 Å². The molecule has 0 fully saturated rings. The van der Waals surface area contributed by atoms with Crippen molar-refractivity contribution >= 4 is 37.5 Å². The molecule has 0 radical (unpaired) electrons. The van der Waals surface area contributed by atoms with Gasteiger partial charge in [0.25, 0.3) is 5.91 Å². The second-order valence-corrected chi connectivity index (χ2v) is 8.28. The van der Waals surface area contributed by atoms with Gasteiger partial charge in [0.15, 0.2) is 10.5 Å². The molecule has 0 spiro atoms. The van der Waals surface area contributed by atoms with Gasteiger partial charge in [-0.15, -0.1) is 6.58 Å². The molecule has 2 N–H and O–H groups in total. The van der Waals surface area contributed by atoms with E-state index < -0.39 is 15.9 Å². The molecule has 0 saturated heterocycles. The number of aromatic nitrogens is 3. The Morgan fingerprint density at radius 1 is 1.46 bits per heavy atom. The number of nitrogens with two attached hydrogens (primary N) is 1. The van der Waals surface area contributed by atoms with Crippen LogP contribution < -0.4 is 9.94 Å². The molecular formula is C16H17N5O3S2. The normalized spacial score (nSPS) is 12.7. The fraction of sp³-hybridized carbons (Fsp3) is 0.188. The predicted octanol–water partition coefficient (Wildman–Crippen LogP) is 1.32. The minimum absolute atomic E-state index is 0.00968. The van der Waals surface area contributed by atoms with Crippen LogP contribution in [0.15, 0.2) is 46.9 Å². The molecule has 3 rings (SSSR count). The van der Waals surface area contributed by atoms with Gasteiger partial charge in [0.05, 0.1) is 15.1 Å². The van der Waals surface area contributed by atoms with Crippen molar-refractivity contribution in [2.24, 2.45) is 17.2 Å². The highest BCUT2D eigenvalue weighted by Crippen LogP contribution is 2.21. The molecule has 0 atom stereocenters. The number of allylic oxidation sites excluding steroid dienone is 1. The molecule has 1 aromatic carbocycles. The smallest absolute Gasteiger partial charge is 0.300 e. The number of benzene rings is 1. The van der Waals surface area contributed by atoms with E-state index in [0.29, 0.717) is 16.0 Å². The first-order valence-corrected chi connectivity index (χ1v) is 9.93. The fourth-order valence-corrected chi connectivity index (χ4v) is 4.27. The first-order valence-electron chi connectivity index (χ1n) is 7.57. The second-order valence-electron chi connectivity index (χ2n) is 5.71. The van der Waals surface area contributed by atoms with Crippen LogP contribution in [0.2, 0.25) is 0 Å². The van der Waals surface area contributed by atoms with Crippen molar-refractivity contribution in [2.45, 2.75) is 18.4 Å². The van der Waals surface area contributed by atoms with E-state index in [4.69, 9.17) is 5.14 Å². The molecule has 0 bridgehead atoms. The molecular weight excluding hydrogens is 374 g/mol. The largest absolute Gasteiger partial charge is 0.312 e. The van der Waals surface area contributed by atoms with Gasteiger partial charge in [0.2, 0.25) is 10.0 Å². The van der Waals surface area contributed by atoms with Gasteiger partial charge in [-0.25, -0.2) is 13.6 Å². The zero-order valence-corrected chi connectivity index (χ0v) is 15.8. The summed E-state index contributed by atoms with van der Waals surface area (Å²) in [5, 5.41) is 9.33. The summed E-state index contributed by atoms with van der Waals surface area (Å²) in [4.78, 5) is 17.1. The van der Waals surface area contributed by atoms with Crippen LogP contribution in [0.1, 0.15) is 16.1 Å². The number of carbonyl (C=O) groups is 1. The lowest BCUT2D eigenvalue weighted by Crippen LogP contribution is -2.17.